The van der Waals surface area contributed by atoms with E-state index in [0.717, 1.165) is 18.2 Å². The lowest BCUT2D eigenvalue weighted by Gasteiger charge is -2.17. The Morgan fingerprint density at radius 2 is 2.00 bits per heavy atom. The summed E-state index contributed by atoms with van der Waals surface area (Å²) in [6.07, 6.45) is 0.690. The van der Waals surface area contributed by atoms with E-state index in [9.17, 15) is 18.4 Å². The van der Waals surface area contributed by atoms with Crippen LogP contribution in [0.5, 0.6) is 0 Å². The molecular weight excluding hydrogens is 282 g/mol. The highest BCUT2D eigenvalue weighted by Crippen LogP contribution is 2.08. The molecule has 0 aliphatic rings. The van der Waals surface area contributed by atoms with E-state index in [1.165, 1.54) is 4.90 Å². The van der Waals surface area contributed by atoms with Crippen molar-refractivity contribution in [3.05, 3.63) is 35.4 Å². The molecule has 21 heavy (non-hydrogen) atoms. The fraction of sp³-hybridized carbons (Fsp3) is 0.429. The third-order valence-corrected chi connectivity index (χ3v) is 2.85. The summed E-state index contributed by atoms with van der Waals surface area (Å²) in [7, 11) is 3.19. The summed E-state index contributed by atoms with van der Waals surface area (Å²) in [4.78, 5) is 24.9. The molecule has 1 aromatic rings. The highest BCUT2D eigenvalue weighted by Gasteiger charge is 2.13. The van der Waals surface area contributed by atoms with E-state index in [4.69, 9.17) is 4.74 Å². The Labute approximate surface area is 121 Å². The Kier molecular flexibility index (Phi) is 6.74. The van der Waals surface area contributed by atoms with Crippen molar-refractivity contribution >= 4 is 11.8 Å². The highest BCUT2D eigenvalue weighted by atomic mass is 19.2. The highest BCUT2D eigenvalue weighted by molar-refractivity contribution is 5.96. The van der Waals surface area contributed by atoms with Crippen molar-refractivity contribution in [1.29, 1.82) is 0 Å². The van der Waals surface area contributed by atoms with Crippen LogP contribution in [-0.4, -0.2) is 50.6 Å². The third-order valence-electron chi connectivity index (χ3n) is 2.85. The molecule has 0 fully saturated rings. The number of nitrogens with zero attached hydrogens (tertiary/aromatic N) is 1. The van der Waals surface area contributed by atoms with Crippen molar-refractivity contribution in [1.82, 2.24) is 10.2 Å². The summed E-state index contributed by atoms with van der Waals surface area (Å²) in [5.41, 5.74) is -0.0382. The minimum atomic E-state index is -1.11. The summed E-state index contributed by atoms with van der Waals surface area (Å²) < 4.78 is 30.6. The van der Waals surface area contributed by atoms with Gasteiger partial charge >= 0.3 is 0 Å². The lowest BCUT2D eigenvalue weighted by Crippen LogP contribution is -2.38. The minimum absolute atomic E-state index is 0.0382. The lowest BCUT2D eigenvalue weighted by molar-refractivity contribution is -0.128. The maximum absolute atomic E-state index is 13.0. The standard InChI is InChI=1S/C14H18F2N2O3/c1-18(6-3-7-21-2)13(19)9-17-14(20)10-4-5-11(15)12(16)8-10/h4-5,8H,3,6-7,9H2,1-2H3,(H,17,20). The van der Waals surface area contributed by atoms with Crippen molar-refractivity contribution in [2.45, 2.75) is 6.42 Å². The first kappa shape index (κ1) is 17.0. The minimum Gasteiger partial charge on any atom is -0.385 e. The van der Waals surface area contributed by atoms with Crippen LogP contribution in [0.1, 0.15) is 16.8 Å². The molecular formula is C14H18F2N2O3. The van der Waals surface area contributed by atoms with Gasteiger partial charge in [0.15, 0.2) is 11.6 Å². The Bertz CT molecular complexity index is 509. The Morgan fingerprint density at radius 3 is 2.62 bits per heavy atom. The monoisotopic (exact) mass is 300 g/mol. The number of rotatable bonds is 7. The van der Waals surface area contributed by atoms with Crippen molar-refractivity contribution in [3.8, 4) is 0 Å². The summed E-state index contributed by atoms with van der Waals surface area (Å²) in [6, 6.07) is 2.81. The zero-order valence-electron chi connectivity index (χ0n) is 12.0. The molecule has 1 aromatic carbocycles. The molecule has 0 radical (unpaired) electrons. The van der Waals surface area contributed by atoms with Gasteiger partial charge in [0.05, 0.1) is 6.54 Å². The molecule has 0 atom stereocenters. The van der Waals surface area contributed by atoms with Crippen LogP contribution in [0.25, 0.3) is 0 Å². The van der Waals surface area contributed by atoms with Gasteiger partial charge < -0.3 is 15.0 Å². The van der Waals surface area contributed by atoms with Gasteiger partial charge in [0.2, 0.25) is 5.91 Å². The lowest BCUT2D eigenvalue weighted by atomic mass is 10.2. The van der Waals surface area contributed by atoms with Crippen LogP contribution < -0.4 is 5.32 Å². The number of hydrogen-bond donors (Lipinski definition) is 1. The van der Waals surface area contributed by atoms with Crippen LogP contribution in [0.4, 0.5) is 8.78 Å². The molecule has 0 saturated heterocycles. The van der Waals surface area contributed by atoms with Crippen LogP contribution in [0.3, 0.4) is 0 Å². The van der Waals surface area contributed by atoms with Gasteiger partial charge in [-0.2, -0.15) is 0 Å². The SMILES string of the molecule is COCCCN(C)C(=O)CNC(=O)c1ccc(F)c(F)c1. The van der Waals surface area contributed by atoms with Crippen molar-refractivity contribution in [3.63, 3.8) is 0 Å². The number of nitrogens with one attached hydrogen (secondary N) is 1. The second-order valence-corrected chi connectivity index (χ2v) is 4.47. The average Bonchev–Trinajstić information content (AvgIpc) is 2.47. The number of hydrogen-bond acceptors (Lipinski definition) is 3. The fourth-order valence-corrected chi connectivity index (χ4v) is 1.60. The fourth-order valence-electron chi connectivity index (χ4n) is 1.60. The first-order chi connectivity index (χ1) is 9.95. The van der Waals surface area contributed by atoms with Crippen molar-refractivity contribution in [2.75, 3.05) is 33.9 Å². The topological polar surface area (TPSA) is 58.6 Å². The molecule has 2 amide bonds. The number of amides is 2. The van der Waals surface area contributed by atoms with Gasteiger partial charge in [-0.3, -0.25) is 9.59 Å². The molecule has 0 aromatic heterocycles. The number of ether oxygens (including phenoxy) is 1. The van der Waals surface area contributed by atoms with Crippen LogP contribution in [0.15, 0.2) is 18.2 Å². The largest absolute Gasteiger partial charge is 0.385 e. The molecule has 0 unspecified atom stereocenters. The smallest absolute Gasteiger partial charge is 0.251 e. The van der Waals surface area contributed by atoms with E-state index in [1.54, 1.807) is 14.2 Å². The van der Waals surface area contributed by atoms with Crippen molar-refractivity contribution < 1.29 is 23.1 Å². The third kappa shape index (κ3) is 5.47. The average molecular weight is 300 g/mol. The molecule has 1 rings (SSSR count). The summed E-state index contributed by atoms with van der Waals surface area (Å²) in [6.45, 7) is 0.841. The molecule has 1 N–H and O–H groups in total. The Hall–Kier alpha value is -2.02. The molecule has 0 aliphatic carbocycles. The summed E-state index contributed by atoms with van der Waals surface area (Å²) in [5.74, 6) is -3.04. The Morgan fingerprint density at radius 1 is 1.29 bits per heavy atom. The van der Waals surface area contributed by atoms with E-state index < -0.39 is 17.5 Å². The number of likely N-dealkylation sites (N-methyl/N-ethyl adjacent to an activating group) is 1. The van der Waals surface area contributed by atoms with Gasteiger partial charge in [-0.15, -0.1) is 0 Å². The van der Waals surface area contributed by atoms with E-state index in [0.29, 0.717) is 19.6 Å². The van der Waals surface area contributed by atoms with Gasteiger partial charge in [0.25, 0.3) is 5.91 Å². The van der Waals surface area contributed by atoms with Crippen LogP contribution in [0.2, 0.25) is 0 Å². The molecule has 0 bridgehead atoms. The molecule has 5 nitrogen and oxygen atoms in total. The van der Waals surface area contributed by atoms with Gasteiger partial charge in [-0.05, 0) is 24.6 Å². The molecule has 0 spiro atoms. The molecule has 7 heteroatoms. The predicted octanol–water partition coefficient (Wildman–Crippen LogP) is 1.19. The second kappa shape index (κ2) is 8.31. The normalized spacial score (nSPS) is 10.3. The van der Waals surface area contributed by atoms with Gasteiger partial charge in [0.1, 0.15) is 0 Å². The molecule has 0 saturated carbocycles. The zero-order chi connectivity index (χ0) is 15.8. The van der Waals surface area contributed by atoms with Crippen molar-refractivity contribution in [2.24, 2.45) is 0 Å². The van der Waals surface area contributed by atoms with Gasteiger partial charge in [-0.1, -0.05) is 0 Å². The first-order valence-electron chi connectivity index (χ1n) is 6.42. The van der Waals surface area contributed by atoms with Crippen LogP contribution in [-0.2, 0) is 9.53 Å². The number of methoxy groups -OCH3 is 1. The van der Waals surface area contributed by atoms with Crippen LogP contribution >= 0.6 is 0 Å². The van der Waals surface area contributed by atoms with Gasteiger partial charge in [-0.25, -0.2) is 8.78 Å². The predicted molar refractivity (Wildman–Crippen MR) is 72.8 cm³/mol. The maximum atomic E-state index is 13.0. The summed E-state index contributed by atoms with van der Waals surface area (Å²) >= 11 is 0. The quantitative estimate of drug-likeness (QED) is 0.770. The maximum Gasteiger partial charge on any atom is 0.251 e. The van der Waals surface area contributed by atoms with E-state index in [-0.39, 0.29) is 18.0 Å². The van der Waals surface area contributed by atoms with E-state index >= 15 is 0 Å². The van der Waals surface area contributed by atoms with Crippen LogP contribution in [0, 0.1) is 11.6 Å². The number of halogens is 2. The number of carbonyl (C=O) groups is 2. The molecule has 0 heterocycles. The van der Waals surface area contributed by atoms with Gasteiger partial charge in [0, 0.05) is 32.9 Å². The number of carbonyl (C=O) groups excluding carboxylic acids is 2. The van der Waals surface area contributed by atoms with E-state index in [2.05, 4.69) is 5.32 Å². The Balaban J connectivity index is 2.44. The molecule has 116 valence electrons. The zero-order valence-corrected chi connectivity index (χ0v) is 12.0. The second-order valence-electron chi connectivity index (χ2n) is 4.47. The molecule has 0 aliphatic heterocycles. The summed E-state index contributed by atoms with van der Waals surface area (Å²) in [5, 5.41) is 2.37. The first-order valence-corrected chi connectivity index (χ1v) is 6.42. The number of benzene rings is 1. The van der Waals surface area contributed by atoms with E-state index in [1.807, 2.05) is 0 Å².